The van der Waals surface area contributed by atoms with E-state index in [1.807, 2.05) is 24.8 Å². The molecule has 154 valence electrons. The largest absolute Gasteiger partial charge is 0.335 e. The minimum Gasteiger partial charge on any atom is -0.335 e. The van der Waals surface area contributed by atoms with Gasteiger partial charge in [-0.15, -0.1) is 0 Å². The van der Waals surface area contributed by atoms with Gasteiger partial charge in [-0.2, -0.15) is 4.98 Å². The third-order valence-corrected chi connectivity index (χ3v) is 4.78. The van der Waals surface area contributed by atoms with Crippen molar-refractivity contribution in [1.29, 1.82) is 0 Å². The molecule has 3 rings (SSSR count). The fourth-order valence-corrected chi connectivity index (χ4v) is 3.14. The van der Waals surface area contributed by atoms with E-state index in [0.717, 1.165) is 18.2 Å². The summed E-state index contributed by atoms with van der Waals surface area (Å²) >= 11 is 0. The summed E-state index contributed by atoms with van der Waals surface area (Å²) in [6.07, 6.45) is 10.9. The van der Waals surface area contributed by atoms with Crippen molar-refractivity contribution in [1.82, 2.24) is 19.9 Å². The molecule has 0 saturated heterocycles. The SMILES string of the molecule is CCCCN1/C(C)=C/C(F)=C\N=CCCC(C)NC(=O)n2ccc3cnc1nc32. The monoisotopic (exact) mass is 398 g/mol. The Morgan fingerprint density at radius 3 is 3.00 bits per heavy atom. The van der Waals surface area contributed by atoms with E-state index < -0.39 is 5.83 Å². The van der Waals surface area contributed by atoms with Crippen molar-refractivity contribution in [2.75, 3.05) is 11.4 Å². The molecule has 7 nitrogen and oxygen atoms in total. The number of anilines is 1. The summed E-state index contributed by atoms with van der Waals surface area (Å²) in [5, 5.41) is 3.74. The van der Waals surface area contributed by atoms with Crippen LogP contribution in [0.4, 0.5) is 15.1 Å². The van der Waals surface area contributed by atoms with Crippen LogP contribution in [0.2, 0.25) is 0 Å². The molecular weight excluding hydrogens is 371 g/mol. The second-order valence-corrected chi connectivity index (χ2v) is 7.20. The number of carbonyl (C=O) groups excluding carboxylic acids is 1. The van der Waals surface area contributed by atoms with Crippen LogP contribution in [-0.4, -0.2) is 39.4 Å². The molecule has 3 heterocycles. The maximum absolute atomic E-state index is 14.3. The molecule has 0 aliphatic carbocycles. The van der Waals surface area contributed by atoms with Crippen LogP contribution in [0.25, 0.3) is 11.0 Å². The van der Waals surface area contributed by atoms with Crippen LogP contribution in [0.1, 0.15) is 46.5 Å². The molecule has 0 aromatic carbocycles. The van der Waals surface area contributed by atoms with Crippen LogP contribution >= 0.6 is 0 Å². The molecule has 1 amide bonds. The molecule has 29 heavy (non-hydrogen) atoms. The Bertz CT molecular complexity index is 961. The molecule has 1 atom stereocenters. The van der Waals surface area contributed by atoms with Gasteiger partial charge in [-0.1, -0.05) is 13.3 Å². The highest BCUT2D eigenvalue weighted by Crippen LogP contribution is 2.21. The van der Waals surface area contributed by atoms with Crippen molar-refractivity contribution < 1.29 is 9.18 Å². The van der Waals surface area contributed by atoms with Gasteiger partial charge in [0, 0.05) is 42.3 Å². The van der Waals surface area contributed by atoms with Gasteiger partial charge in [-0.05, 0) is 45.3 Å². The Kier molecular flexibility index (Phi) is 6.74. The van der Waals surface area contributed by atoms with Crippen LogP contribution in [0.3, 0.4) is 0 Å². The van der Waals surface area contributed by atoms with Gasteiger partial charge in [-0.3, -0.25) is 9.56 Å². The van der Waals surface area contributed by atoms with E-state index in [4.69, 9.17) is 0 Å². The van der Waals surface area contributed by atoms with Crippen molar-refractivity contribution in [2.24, 2.45) is 4.99 Å². The van der Waals surface area contributed by atoms with Crippen LogP contribution in [0.15, 0.2) is 47.3 Å². The lowest BCUT2D eigenvalue weighted by Gasteiger charge is -2.23. The van der Waals surface area contributed by atoms with Gasteiger partial charge < -0.3 is 10.2 Å². The molecule has 2 aromatic heterocycles. The Labute approximate surface area is 170 Å². The maximum Gasteiger partial charge on any atom is 0.327 e. The quantitative estimate of drug-likeness (QED) is 0.822. The number of nitrogens with one attached hydrogen (secondary N) is 1. The van der Waals surface area contributed by atoms with E-state index in [-0.39, 0.29) is 12.1 Å². The Balaban J connectivity index is 2.09. The van der Waals surface area contributed by atoms with Gasteiger partial charge in [0.05, 0.1) is 6.20 Å². The lowest BCUT2D eigenvalue weighted by atomic mass is 10.2. The summed E-state index contributed by atoms with van der Waals surface area (Å²) in [6.45, 7) is 6.48. The second-order valence-electron chi connectivity index (χ2n) is 7.20. The zero-order chi connectivity index (χ0) is 20.8. The third kappa shape index (κ3) is 5.07. The average Bonchev–Trinajstić information content (AvgIpc) is 3.10. The van der Waals surface area contributed by atoms with Gasteiger partial charge in [-0.25, -0.2) is 14.2 Å². The second kappa shape index (κ2) is 9.45. The summed E-state index contributed by atoms with van der Waals surface area (Å²) in [5.41, 5.74) is 1.20. The number of aromatic nitrogens is 3. The zero-order valence-electron chi connectivity index (χ0n) is 17.1. The molecule has 0 saturated carbocycles. The van der Waals surface area contributed by atoms with Gasteiger partial charge in [0.15, 0.2) is 5.65 Å². The fourth-order valence-electron chi connectivity index (χ4n) is 3.14. The predicted molar refractivity (Wildman–Crippen MR) is 114 cm³/mol. The smallest absolute Gasteiger partial charge is 0.327 e. The highest BCUT2D eigenvalue weighted by molar-refractivity contribution is 5.89. The van der Waals surface area contributed by atoms with Crippen LogP contribution < -0.4 is 10.2 Å². The number of rotatable bonds is 3. The van der Waals surface area contributed by atoms with Crippen LogP contribution in [0, 0.1) is 0 Å². The molecule has 1 aliphatic rings. The maximum atomic E-state index is 14.3. The van der Waals surface area contributed by atoms with Crippen molar-refractivity contribution in [3.63, 3.8) is 0 Å². The number of fused-ring (bicyclic) bond motifs is 1. The number of hydrogen-bond acceptors (Lipinski definition) is 5. The number of unbranched alkanes of at least 4 members (excludes halogenated alkanes) is 1. The highest BCUT2D eigenvalue weighted by atomic mass is 19.1. The first kappa shape index (κ1) is 20.7. The van der Waals surface area contributed by atoms with Gasteiger partial charge in [0.2, 0.25) is 5.95 Å². The average molecular weight is 398 g/mol. The van der Waals surface area contributed by atoms with E-state index in [2.05, 4.69) is 27.2 Å². The first-order valence-electron chi connectivity index (χ1n) is 9.97. The van der Waals surface area contributed by atoms with E-state index in [1.165, 1.54) is 16.8 Å². The van der Waals surface area contributed by atoms with Crippen molar-refractivity contribution in [2.45, 2.75) is 52.5 Å². The Morgan fingerprint density at radius 1 is 1.38 bits per heavy atom. The molecule has 1 unspecified atom stereocenters. The minimum atomic E-state index is -0.432. The lowest BCUT2D eigenvalue weighted by Crippen LogP contribution is -2.35. The number of hydrogen-bond donors (Lipinski definition) is 1. The summed E-state index contributed by atoms with van der Waals surface area (Å²) in [7, 11) is 0. The third-order valence-electron chi connectivity index (χ3n) is 4.78. The fraction of sp³-hybridized carbons (Fsp3) is 0.429. The molecule has 0 fully saturated rings. The normalized spacial score (nSPS) is 22.3. The van der Waals surface area contributed by atoms with Crippen molar-refractivity contribution in [3.05, 3.63) is 42.3 Å². The number of nitrogens with zero attached hydrogens (tertiary/aromatic N) is 5. The number of allylic oxidation sites excluding steroid dienone is 3. The number of carbonyl (C=O) groups is 1. The van der Waals surface area contributed by atoms with E-state index >= 15 is 0 Å². The summed E-state index contributed by atoms with van der Waals surface area (Å²) in [6, 6.07) is 1.52. The number of aliphatic imine (C=N–C) groups is 1. The van der Waals surface area contributed by atoms with E-state index in [1.54, 1.807) is 18.6 Å². The van der Waals surface area contributed by atoms with Gasteiger partial charge >= 0.3 is 6.03 Å². The predicted octanol–water partition coefficient (Wildman–Crippen LogP) is 4.56. The molecule has 8 heteroatoms. The van der Waals surface area contributed by atoms with E-state index in [0.29, 0.717) is 36.7 Å². The molecule has 0 radical (unpaired) electrons. The van der Waals surface area contributed by atoms with Crippen molar-refractivity contribution in [3.8, 4) is 0 Å². The molecular formula is C21H27FN6O. The lowest BCUT2D eigenvalue weighted by molar-refractivity contribution is 0.239. The summed E-state index contributed by atoms with van der Waals surface area (Å²) < 4.78 is 15.8. The minimum absolute atomic E-state index is 0.0577. The molecule has 2 bridgehead atoms. The Morgan fingerprint density at radius 2 is 2.21 bits per heavy atom. The molecule has 2 aromatic rings. The summed E-state index contributed by atoms with van der Waals surface area (Å²) in [5.74, 6) is 0.00189. The first-order valence-corrected chi connectivity index (χ1v) is 9.97. The molecule has 1 aliphatic heterocycles. The molecule has 0 spiro atoms. The van der Waals surface area contributed by atoms with Crippen molar-refractivity contribution >= 4 is 29.2 Å². The highest BCUT2D eigenvalue weighted by Gasteiger charge is 2.17. The number of halogens is 1. The van der Waals surface area contributed by atoms with E-state index in [9.17, 15) is 9.18 Å². The van der Waals surface area contributed by atoms with Crippen LogP contribution in [0.5, 0.6) is 0 Å². The Hall–Kier alpha value is -3.03. The first-order chi connectivity index (χ1) is 14.0. The zero-order valence-corrected chi connectivity index (χ0v) is 17.1. The van der Waals surface area contributed by atoms with Crippen LogP contribution in [-0.2, 0) is 0 Å². The number of amides is 1. The standard InChI is InChI=1S/C21H27FN6O/c1-4-5-10-27-16(3)12-18(22)14-23-9-6-7-15(2)25-21(29)28-11-8-17-13-24-20(27)26-19(17)28/h8-9,11-15H,4-7,10H2,1-3H3,(H,25,29)/b16-12+,18-14+,23-9?. The molecule has 1 N–H and O–H groups in total. The van der Waals surface area contributed by atoms with Gasteiger partial charge in [0.25, 0.3) is 0 Å². The van der Waals surface area contributed by atoms with Gasteiger partial charge in [0.1, 0.15) is 5.83 Å². The topological polar surface area (TPSA) is 75.4 Å². The summed E-state index contributed by atoms with van der Waals surface area (Å²) in [4.78, 5) is 27.7.